The minimum atomic E-state index is -1.20. The molecular weight excluding hydrogens is 530 g/mol. The maximum absolute atomic E-state index is 13.8. The summed E-state index contributed by atoms with van der Waals surface area (Å²) in [5.74, 6) is -4.47. The highest BCUT2D eigenvalue weighted by atomic mass is 19.1. The lowest BCUT2D eigenvalue weighted by Crippen LogP contribution is -2.53. The Hall–Kier alpha value is -4.57. The van der Waals surface area contributed by atoms with Crippen molar-refractivity contribution in [3.8, 4) is 0 Å². The molecule has 1 aliphatic rings. The van der Waals surface area contributed by atoms with Gasteiger partial charge in [0.2, 0.25) is 17.7 Å². The molecule has 0 bridgehead atoms. The molecule has 5 rings (SSSR count). The van der Waals surface area contributed by atoms with Gasteiger partial charge in [0.15, 0.2) is 0 Å². The first-order valence-corrected chi connectivity index (χ1v) is 13.3. The van der Waals surface area contributed by atoms with E-state index in [1.165, 1.54) is 11.8 Å². The fraction of sp³-hybridized carbons (Fsp3) is 0.258. The maximum atomic E-state index is 13.8. The lowest BCUT2D eigenvalue weighted by molar-refractivity contribution is -0.141. The van der Waals surface area contributed by atoms with Crippen molar-refractivity contribution in [1.82, 2.24) is 20.5 Å². The van der Waals surface area contributed by atoms with E-state index in [0.717, 1.165) is 45.8 Å². The number of halogens is 2. The summed E-state index contributed by atoms with van der Waals surface area (Å²) in [7, 11) is 0. The van der Waals surface area contributed by atoms with Crippen molar-refractivity contribution in [2.24, 2.45) is 5.92 Å². The topological polar surface area (TPSA) is 115 Å². The second-order valence-corrected chi connectivity index (χ2v) is 10.3. The highest BCUT2D eigenvalue weighted by Crippen LogP contribution is 2.27. The van der Waals surface area contributed by atoms with Gasteiger partial charge in [-0.2, -0.15) is 0 Å². The normalized spacial score (nSPS) is 16.1. The van der Waals surface area contributed by atoms with Gasteiger partial charge in [-0.25, -0.2) is 8.78 Å². The van der Waals surface area contributed by atoms with Crippen LogP contribution in [0.25, 0.3) is 10.9 Å². The van der Waals surface area contributed by atoms with Crippen molar-refractivity contribution in [1.29, 1.82) is 0 Å². The zero-order valence-corrected chi connectivity index (χ0v) is 22.4. The fourth-order valence-electron chi connectivity index (χ4n) is 5.16. The third-order valence-corrected chi connectivity index (χ3v) is 7.37. The van der Waals surface area contributed by atoms with Gasteiger partial charge in [-0.05, 0) is 47.4 Å². The smallest absolute Gasteiger partial charge is 0.245 e. The first-order chi connectivity index (χ1) is 19.7. The lowest BCUT2D eigenvalue weighted by Gasteiger charge is -2.35. The molecule has 41 heavy (non-hydrogen) atoms. The number of nitrogens with one attached hydrogen (secondary N) is 3. The summed E-state index contributed by atoms with van der Waals surface area (Å²) in [6.07, 6.45) is 1.07. The molecule has 0 saturated heterocycles. The highest BCUT2D eigenvalue weighted by Gasteiger charge is 2.34. The number of aliphatic hydroxyl groups excluding tert-OH is 1. The Balaban J connectivity index is 1.33. The SMILES string of the molecule is CC(C(=O)NCc1cc(F)cc(F)c1)C(=O)NC(Cc1c[nH]c2ccccc12)C(=O)N1Cc2ccccc2C(O)C1. The van der Waals surface area contributed by atoms with Gasteiger partial charge in [0.05, 0.1) is 12.6 Å². The number of amides is 3. The zero-order chi connectivity index (χ0) is 29.1. The van der Waals surface area contributed by atoms with E-state index in [1.807, 2.05) is 48.5 Å². The van der Waals surface area contributed by atoms with Crippen molar-refractivity contribution in [3.63, 3.8) is 0 Å². The lowest BCUT2D eigenvalue weighted by atomic mass is 9.96. The zero-order valence-electron chi connectivity index (χ0n) is 22.4. The molecule has 4 N–H and O–H groups in total. The molecule has 0 saturated carbocycles. The summed E-state index contributed by atoms with van der Waals surface area (Å²) in [6.45, 7) is 1.56. The minimum absolute atomic E-state index is 0.0658. The Labute approximate surface area is 235 Å². The van der Waals surface area contributed by atoms with Crippen LogP contribution in [0, 0.1) is 17.6 Å². The number of β-amino-alcohol motifs (C(OH)–C–C–N with tert-alkyl or cyclic N) is 1. The maximum Gasteiger partial charge on any atom is 0.245 e. The van der Waals surface area contributed by atoms with Crippen LogP contribution in [0.15, 0.2) is 72.9 Å². The van der Waals surface area contributed by atoms with Gasteiger partial charge in [-0.15, -0.1) is 0 Å². The number of fused-ring (bicyclic) bond motifs is 2. The van der Waals surface area contributed by atoms with Crippen molar-refractivity contribution in [2.45, 2.75) is 38.6 Å². The molecule has 0 fully saturated rings. The number of hydrogen-bond donors (Lipinski definition) is 4. The monoisotopic (exact) mass is 560 g/mol. The van der Waals surface area contributed by atoms with Gasteiger partial charge in [0, 0.05) is 42.7 Å². The van der Waals surface area contributed by atoms with E-state index >= 15 is 0 Å². The molecule has 0 spiro atoms. The first kappa shape index (κ1) is 28.0. The number of nitrogens with zero attached hydrogens (tertiary/aromatic N) is 1. The van der Waals surface area contributed by atoms with Crippen LogP contribution in [-0.4, -0.2) is 45.3 Å². The van der Waals surface area contributed by atoms with Crippen LogP contribution in [0.1, 0.15) is 35.3 Å². The van der Waals surface area contributed by atoms with Crippen molar-refractivity contribution < 1.29 is 28.3 Å². The molecule has 10 heteroatoms. The molecule has 3 atom stereocenters. The number of aromatic nitrogens is 1. The Morgan fingerprint density at radius 3 is 2.51 bits per heavy atom. The molecule has 212 valence electrons. The number of rotatable bonds is 8. The van der Waals surface area contributed by atoms with E-state index in [2.05, 4.69) is 15.6 Å². The summed E-state index contributed by atoms with van der Waals surface area (Å²) in [5.41, 5.74) is 3.47. The molecule has 1 aromatic heterocycles. The van der Waals surface area contributed by atoms with Gasteiger partial charge >= 0.3 is 0 Å². The van der Waals surface area contributed by atoms with E-state index in [0.29, 0.717) is 0 Å². The van der Waals surface area contributed by atoms with Crippen LogP contribution in [-0.2, 0) is 33.9 Å². The van der Waals surface area contributed by atoms with Gasteiger partial charge in [-0.3, -0.25) is 14.4 Å². The Kier molecular flexibility index (Phi) is 8.11. The number of benzene rings is 3. The third kappa shape index (κ3) is 6.28. The number of hydrogen-bond acceptors (Lipinski definition) is 4. The molecule has 0 aliphatic carbocycles. The quantitative estimate of drug-likeness (QED) is 0.247. The van der Waals surface area contributed by atoms with E-state index < -0.39 is 41.5 Å². The van der Waals surface area contributed by atoms with Gasteiger partial charge in [0.25, 0.3) is 0 Å². The molecule has 2 heterocycles. The summed E-state index contributed by atoms with van der Waals surface area (Å²) >= 11 is 0. The predicted molar refractivity (Wildman–Crippen MR) is 148 cm³/mol. The van der Waals surface area contributed by atoms with Crippen LogP contribution in [0.3, 0.4) is 0 Å². The van der Waals surface area contributed by atoms with E-state index in [9.17, 15) is 28.3 Å². The molecular formula is C31H30F2N4O4. The number of para-hydroxylation sites is 1. The van der Waals surface area contributed by atoms with E-state index in [1.54, 1.807) is 6.20 Å². The largest absolute Gasteiger partial charge is 0.387 e. The summed E-state index contributed by atoms with van der Waals surface area (Å²) in [6, 6.07) is 16.8. The second-order valence-electron chi connectivity index (χ2n) is 10.3. The summed E-state index contributed by atoms with van der Waals surface area (Å²) in [5, 5.41) is 16.9. The van der Waals surface area contributed by atoms with Crippen LogP contribution in [0.4, 0.5) is 8.78 Å². The van der Waals surface area contributed by atoms with Crippen LogP contribution >= 0.6 is 0 Å². The number of carbonyl (C=O) groups is 3. The standard InChI is InChI=1S/C31H30F2N4O4/c1-18(29(39)35-14-19-10-22(32)13-23(33)11-19)30(40)36-27(12-21-15-34-26-9-5-4-7-24(21)26)31(41)37-16-20-6-2-3-8-25(20)28(38)17-37/h2-11,13,15,18,27-28,34,38H,12,14,16-17H2,1H3,(H,35,39)(H,36,40). The van der Waals surface area contributed by atoms with Crippen LogP contribution in [0.2, 0.25) is 0 Å². The molecule has 0 radical (unpaired) electrons. The van der Waals surface area contributed by atoms with Crippen LogP contribution < -0.4 is 10.6 Å². The first-order valence-electron chi connectivity index (χ1n) is 13.3. The van der Waals surface area contributed by atoms with Gasteiger partial charge in [-0.1, -0.05) is 42.5 Å². The molecule has 1 aliphatic heterocycles. The Bertz CT molecular complexity index is 1580. The number of carbonyl (C=O) groups excluding carboxylic acids is 3. The van der Waals surface area contributed by atoms with Crippen molar-refractivity contribution in [3.05, 3.63) is 107 Å². The molecule has 3 aromatic carbocycles. The number of aliphatic hydroxyl groups is 1. The second kappa shape index (κ2) is 11.9. The van der Waals surface area contributed by atoms with Crippen molar-refractivity contribution in [2.75, 3.05) is 6.54 Å². The van der Waals surface area contributed by atoms with E-state index in [4.69, 9.17) is 0 Å². The summed E-state index contributed by atoms with van der Waals surface area (Å²) in [4.78, 5) is 44.5. The number of aromatic amines is 1. The molecule has 4 aromatic rings. The van der Waals surface area contributed by atoms with Gasteiger partial charge in [0.1, 0.15) is 23.6 Å². The highest BCUT2D eigenvalue weighted by molar-refractivity contribution is 6.01. The average Bonchev–Trinajstić information content (AvgIpc) is 3.37. The third-order valence-electron chi connectivity index (χ3n) is 7.37. The number of H-pyrrole nitrogens is 1. The van der Waals surface area contributed by atoms with Crippen LogP contribution in [0.5, 0.6) is 0 Å². The Morgan fingerprint density at radius 1 is 1.02 bits per heavy atom. The molecule has 3 amide bonds. The fourth-order valence-corrected chi connectivity index (χ4v) is 5.16. The van der Waals surface area contributed by atoms with E-state index in [-0.39, 0.29) is 37.5 Å². The Morgan fingerprint density at radius 2 is 1.73 bits per heavy atom. The predicted octanol–water partition coefficient (Wildman–Crippen LogP) is 3.50. The summed E-state index contributed by atoms with van der Waals surface area (Å²) < 4.78 is 27.0. The van der Waals surface area contributed by atoms with Gasteiger partial charge < -0.3 is 25.6 Å². The molecule has 8 nitrogen and oxygen atoms in total. The van der Waals surface area contributed by atoms with Crippen molar-refractivity contribution >= 4 is 28.6 Å². The average molecular weight is 561 g/mol. The minimum Gasteiger partial charge on any atom is -0.387 e. The molecule has 3 unspecified atom stereocenters.